The molecule has 5 nitrogen and oxygen atoms in total. The van der Waals surface area contributed by atoms with E-state index in [9.17, 15) is 0 Å². The third kappa shape index (κ3) is 2.31. The summed E-state index contributed by atoms with van der Waals surface area (Å²) in [6.45, 7) is 4.17. The first kappa shape index (κ1) is 10.5. The topological polar surface area (TPSA) is 68.8 Å². The second kappa shape index (κ2) is 4.22. The molecule has 84 valence electrons. The highest BCUT2D eigenvalue weighted by Gasteiger charge is 2.02. The number of pyridine rings is 1. The number of hydrogen-bond donors (Lipinski definition) is 2. The van der Waals surface area contributed by atoms with Gasteiger partial charge in [0, 0.05) is 30.2 Å². The standard InChI is InChI=1S/C11H15N5/c1-8(2)16-7-10(6-14-16)15-9-3-4-13-11(12)5-9/h3-8H,1-2H3,(H3,12,13,15). The van der Waals surface area contributed by atoms with Crippen molar-refractivity contribution in [2.75, 3.05) is 11.1 Å². The van der Waals surface area contributed by atoms with E-state index in [0.717, 1.165) is 11.4 Å². The summed E-state index contributed by atoms with van der Waals surface area (Å²) < 4.78 is 1.90. The van der Waals surface area contributed by atoms with Gasteiger partial charge in [-0.15, -0.1) is 0 Å². The zero-order valence-electron chi connectivity index (χ0n) is 9.38. The van der Waals surface area contributed by atoms with E-state index < -0.39 is 0 Å². The van der Waals surface area contributed by atoms with Gasteiger partial charge < -0.3 is 11.1 Å². The van der Waals surface area contributed by atoms with Gasteiger partial charge in [-0.3, -0.25) is 4.68 Å². The summed E-state index contributed by atoms with van der Waals surface area (Å²) in [6, 6.07) is 4.01. The summed E-state index contributed by atoms with van der Waals surface area (Å²) >= 11 is 0. The van der Waals surface area contributed by atoms with Crippen LogP contribution in [0.3, 0.4) is 0 Å². The largest absolute Gasteiger partial charge is 0.384 e. The number of hydrogen-bond acceptors (Lipinski definition) is 4. The Kier molecular flexibility index (Phi) is 2.76. The fourth-order valence-corrected chi connectivity index (χ4v) is 1.38. The molecule has 0 unspecified atom stereocenters. The van der Waals surface area contributed by atoms with Crippen molar-refractivity contribution in [3.63, 3.8) is 0 Å². The minimum Gasteiger partial charge on any atom is -0.384 e. The number of nitrogens with two attached hydrogens (primary N) is 1. The lowest BCUT2D eigenvalue weighted by atomic mass is 10.3. The molecule has 16 heavy (non-hydrogen) atoms. The van der Waals surface area contributed by atoms with Gasteiger partial charge in [-0.2, -0.15) is 5.10 Å². The van der Waals surface area contributed by atoms with E-state index in [1.807, 2.05) is 16.9 Å². The fourth-order valence-electron chi connectivity index (χ4n) is 1.38. The Hall–Kier alpha value is -2.04. The van der Waals surface area contributed by atoms with Gasteiger partial charge in [0.05, 0.1) is 11.9 Å². The lowest BCUT2D eigenvalue weighted by molar-refractivity contribution is 0.532. The smallest absolute Gasteiger partial charge is 0.125 e. The molecule has 3 N–H and O–H groups in total. The first-order chi connectivity index (χ1) is 7.65. The monoisotopic (exact) mass is 217 g/mol. The number of aromatic nitrogens is 3. The van der Waals surface area contributed by atoms with Crippen LogP contribution in [-0.4, -0.2) is 14.8 Å². The number of nitrogen functional groups attached to an aromatic ring is 1. The SMILES string of the molecule is CC(C)n1cc(Nc2ccnc(N)c2)cn1. The molecular weight excluding hydrogens is 202 g/mol. The van der Waals surface area contributed by atoms with Crippen molar-refractivity contribution in [1.29, 1.82) is 0 Å². The molecule has 0 amide bonds. The molecule has 0 saturated heterocycles. The molecule has 2 aromatic rings. The summed E-state index contributed by atoms with van der Waals surface area (Å²) in [5.41, 5.74) is 7.45. The van der Waals surface area contributed by atoms with Crippen LogP contribution in [-0.2, 0) is 0 Å². The highest BCUT2D eigenvalue weighted by molar-refractivity contribution is 5.60. The van der Waals surface area contributed by atoms with Crippen LogP contribution in [0.4, 0.5) is 17.2 Å². The molecule has 0 saturated carbocycles. The Morgan fingerprint density at radius 1 is 1.38 bits per heavy atom. The zero-order chi connectivity index (χ0) is 11.5. The Balaban J connectivity index is 2.14. The molecule has 0 aliphatic heterocycles. The molecule has 2 heterocycles. The average molecular weight is 217 g/mol. The highest BCUT2D eigenvalue weighted by Crippen LogP contribution is 2.17. The number of nitrogens with one attached hydrogen (secondary N) is 1. The van der Waals surface area contributed by atoms with E-state index in [2.05, 4.69) is 29.2 Å². The number of anilines is 3. The fraction of sp³-hybridized carbons (Fsp3) is 0.273. The van der Waals surface area contributed by atoms with Crippen molar-refractivity contribution in [2.24, 2.45) is 0 Å². The second-order valence-corrected chi connectivity index (χ2v) is 3.90. The van der Waals surface area contributed by atoms with Gasteiger partial charge in [-0.05, 0) is 19.9 Å². The van der Waals surface area contributed by atoms with E-state index in [1.165, 1.54) is 0 Å². The van der Waals surface area contributed by atoms with Crippen molar-refractivity contribution in [2.45, 2.75) is 19.9 Å². The molecule has 0 aromatic carbocycles. The summed E-state index contributed by atoms with van der Waals surface area (Å²) in [6.07, 6.45) is 5.42. The van der Waals surface area contributed by atoms with E-state index in [4.69, 9.17) is 5.73 Å². The summed E-state index contributed by atoms with van der Waals surface area (Å²) in [7, 11) is 0. The second-order valence-electron chi connectivity index (χ2n) is 3.90. The van der Waals surface area contributed by atoms with Crippen molar-refractivity contribution in [3.05, 3.63) is 30.7 Å². The zero-order valence-corrected chi connectivity index (χ0v) is 9.38. The van der Waals surface area contributed by atoms with Crippen LogP contribution < -0.4 is 11.1 Å². The predicted molar refractivity (Wildman–Crippen MR) is 64.5 cm³/mol. The van der Waals surface area contributed by atoms with Crippen molar-refractivity contribution in [3.8, 4) is 0 Å². The van der Waals surface area contributed by atoms with Crippen LogP contribution in [0, 0.1) is 0 Å². The molecule has 0 bridgehead atoms. The van der Waals surface area contributed by atoms with Crippen LogP contribution in [0.25, 0.3) is 0 Å². The molecule has 5 heteroatoms. The van der Waals surface area contributed by atoms with Crippen LogP contribution >= 0.6 is 0 Å². The normalized spacial score (nSPS) is 10.7. The van der Waals surface area contributed by atoms with Crippen LogP contribution in [0.5, 0.6) is 0 Å². The lowest BCUT2D eigenvalue weighted by Gasteiger charge is -2.05. The van der Waals surface area contributed by atoms with Gasteiger partial charge in [0.2, 0.25) is 0 Å². The minimum absolute atomic E-state index is 0.359. The molecule has 0 atom stereocenters. The van der Waals surface area contributed by atoms with Gasteiger partial charge in [0.15, 0.2) is 0 Å². The molecule has 2 aromatic heterocycles. The van der Waals surface area contributed by atoms with Gasteiger partial charge in [0.25, 0.3) is 0 Å². The van der Waals surface area contributed by atoms with Crippen molar-refractivity contribution >= 4 is 17.2 Å². The Labute approximate surface area is 94.3 Å². The molecule has 0 fully saturated rings. The van der Waals surface area contributed by atoms with Crippen LogP contribution in [0.15, 0.2) is 30.7 Å². The first-order valence-corrected chi connectivity index (χ1v) is 5.18. The third-order valence-corrected chi connectivity index (χ3v) is 2.20. The highest BCUT2D eigenvalue weighted by atomic mass is 15.3. The van der Waals surface area contributed by atoms with Gasteiger partial charge >= 0.3 is 0 Å². The Morgan fingerprint density at radius 3 is 2.81 bits per heavy atom. The minimum atomic E-state index is 0.359. The molecule has 2 rings (SSSR count). The molecular formula is C11H15N5. The van der Waals surface area contributed by atoms with E-state index in [1.54, 1.807) is 18.5 Å². The number of rotatable bonds is 3. The van der Waals surface area contributed by atoms with Gasteiger partial charge in [0.1, 0.15) is 5.82 Å². The van der Waals surface area contributed by atoms with E-state index in [0.29, 0.717) is 11.9 Å². The van der Waals surface area contributed by atoms with Gasteiger partial charge in [-0.25, -0.2) is 4.98 Å². The summed E-state index contributed by atoms with van der Waals surface area (Å²) in [5, 5.41) is 7.46. The summed E-state index contributed by atoms with van der Waals surface area (Å²) in [5.74, 6) is 0.501. The maximum Gasteiger partial charge on any atom is 0.125 e. The Morgan fingerprint density at radius 2 is 2.19 bits per heavy atom. The average Bonchev–Trinajstić information content (AvgIpc) is 2.66. The lowest BCUT2D eigenvalue weighted by Crippen LogP contribution is -2.00. The molecule has 0 spiro atoms. The van der Waals surface area contributed by atoms with E-state index in [-0.39, 0.29) is 0 Å². The Bertz CT molecular complexity index is 475. The molecule has 0 radical (unpaired) electrons. The summed E-state index contributed by atoms with van der Waals surface area (Å²) in [4.78, 5) is 3.93. The van der Waals surface area contributed by atoms with Crippen molar-refractivity contribution < 1.29 is 0 Å². The van der Waals surface area contributed by atoms with Crippen molar-refractivity contribution in [1.82, 2.24) is 14.8 Å². The third-order valence-electron chi connectivity index (χ3n) is 2.20. The maximum absolute atomic E-state index is 5.59. The quantitative estimate of drug-likeness (QED) is 0.826. The predicted octanol–water partition coefficient (Wildman–Crippen LogP) is 2.18. The van der Waals surface area contributed by atoms with Crippen LogP contribution in [0.2, 0.25) is 0 Å². The molecule has 0 aliphatic carbocycles. The first-order valence-electron chi connectivity index (χ1n) is 5.18. The van der Waals surface area contributed by atoms with Crippen LogP contribution in [0.1, 0.15) is 19.9 Å². The number of nitrogens with zero attached hydrogens (tertiary/aromatic N) is 3. The maximum atomic E-state index is 5.59. The molecule has 0 aliphatic rings. The van der Waals surface area contributed by atoms with E-state index >= 15 is 0 Å². The van der Waals surface area contributed by atoms with Gasteiger partial charge in [-0.1, -0.05) is 0 Å².